The fourth-order valence-corrected chi connectivity index (χ4v) is 2.48. The van der Waals surface area contributed by atoms with Gasteiger partial charge in [0.05, 0.1) is 18.7 Å². The van der Waals surface area contributed by atoms with Crippen molar-refractivity contribution in [2.45, 2.75) is 38.1 Å². The molecule has 0 radical (unpaired) electrons. The maximum atomic E-state index is 12.0. The molecule has 23 heavy (non-hydrogen) atoms. The number of anilines is 1. The summed E-state index contributed by atoms with van der Waals surface area (Å²) in [5.74, 6) is 0.112. The van der Waals surface area contributed by atoms with Crippen LogP contribution in [0.4, 0.5) is 5.69 Å². The molecule has 0 aliphatic carbocycles. The van der Waals surface area contributed by atoms with Crippen LogP contribution in [0.2, 0.25) is 0 Å². The number of nitrogens with two attached hydrogens (primary N) is 1. The van der Waals surface area contributed by atoms with E-state index in [2.05, 4.69) is 10.6 Å². The Balaban J connectivity index is 0.00000264. The summed E-state index contributed by atoms with van der Waals surface area (Å²) < 4.78 is 5.50. The fraction of sp³-hybridized carbons (Fsp3) is 0.500. The normalized spacial score (nSPS) is 16.4. The first kappa shape index (κ1) is 19.3. The second kappa shape index (κ2) is 10.1. The molecular weight excluding hydrogens is 318 g/mol. The van der Waals surface area contributed by atoms with Crippen LogP contribution in [0, 0.1) is 0 Å². The maximum Gasteiger partial charge on any atom is 0.224 e. The minimum atomic E-state index is -0.411. The lowest BCUT2D eigenvalue weighted by Crippen LogP contribution is -2.23. The number of primary amides is 1. The molecule has 1 unspecified atom stereocenters. The molecule has 0 saturated carbocycles. The van der Waals surface area contributed by atoms with Crippen molar-refractivity contribution in [3.05, 3.63) is 24.3 Å². The van der Waals surface area contributed by atoms with Gasteiger partial charge in [0.15, 0.2) is 0 Å². The van der Waals surface area contributed by atoms with Gasteiger partial charge in [0.1, 0.15) is 5.75 Å². The summed E-state index contributed by atoms with van der Waals surface area (Å²) in [4.78, 5) is 22.8. The fourth-order valence-electron chi connectivity index (χ4n) is 2.48. The van der Waals surface area contributed by atoms with E-state index in [0.717, 1.165) is 19.4 Å². The van der Waals surface area contributed by atoms with E-state index in [9.17, 15) is 9.59 Å². The molecule has 1 aromatic rings. The van der Waals surface area contributed by atoms with Crippen molar-refractivity contribution >= 4 is 29.9 Å². The van der Waals surface area contributed by atoms with E-state index < -0.39 is 5.91 Å². The highest BCUT2D eigenvalue weighted by Gasteiger charge is 2.16. The zero-order valence-electron chi connectivity index (χ0n) is 13.0. The van der Waals surface area contributed by atoms with Gasteiger partial charge in [-0.1, -0.05) is 12.1 Å². The van der Waals surface area contributed by atoms with Crippen molar-refractivity contribution in [1.29, 1.82) is 0 Å². The third kappa shape index (κ3) is 6.88. The van der Waals surface area contributed by atoms with Gasteiger partial charge in [-0.05, 0) is 37.9 Å². The van der Waals surface area contributed by atoms with Gasteiger partial charge >= 0.3 is 0 Å². The summed E-state index contributed by atoms with van der Waals surface area (Å²) in [5.41, 5.74) is 5.70. The van der Waals surface area contributed by atoms with Gasteiger partial charge in [0.2, 0.25) is 11.8 Å². The molecule has 1 aliphatic heterocycles. The number of hydrogen-bond donors (Lipinski definition) is 3. The minimum Gasteiger partial charge on any atom is -0.491 e. The Hall–Kier alpha value is -1.79. The van der Waals surface area contributed by atoms with Gasteiger partial charge in [-0.3, -0.25) is 9.59 Å². The molecule has 1 fully saturated rings. The molecule has 0 bridgehead atoms. The Bertz CT molecular complexity index is 519. The largest absolute Gasteiger partial charge is 0.491 e. The maximum absolute atomic E-state index is 12.0. The molecule has 0 aromatic heterocycles. The number of benzene rings is 1. The Kier molecular flexibility index (Phi) is 8.43. The van der Waals surface area contributed by atoms with Crippen LogP contribution in [0.15, 0.2) is 24.3 Å². The Labute approximate surface area is 142 Å². The SMILES string of the molecule is Cl.NC(=O)CCOc1ccccc1NC(=O)CCC1CCCN1. The van der Waals surface area contributed by atoms with Gasteiger partial charge in [0, 0.05) is 12.5 Å². The number of nitrogens with one attached hydrogen (secondary N) is 2. The standard InChI is InChI=1S/C16H23N3O3.ClH/c17-15(20)9-11-22-14-6-2-1-5-13(14)19-16(21)8-7-12-4-3-10-18-12;/h1-2,5-6,12,18H,3-4,7-11H2,(H2,17,20)(H,19,21);1H. The highest BCUT2D eigenvalue weighted by Crippen LogP contribution is 2.24. The van der Waals surface area contributed by atoms with Gasteiger partial charge in [-0.15, -0.1) is 12.4 Å². The second-order valence-corrected chi connectivity index (χ2v) is 5.44. The van der Waals surface area contributed by atoms with Crippen LogP contribution in [-0.4, -0.2) is 31.0 Å². The van der Waals surface area contributed by atoms with Crippen LogP contribution in [0.1, 0.15) is 32.1 Å². The molecule has 6 nitrogen and oxygen atoms in total. The van der Waals surface area contributed by atoms with Gasteiger partial charge < -0.3 is 21.1 Å². The number of hydrogen-bond acceptors (Lipinski definition) is 4. The first-order valence-electron chi connectivity index (χ1n) is 7.68. The first-order valence-corrected chi connectivity index (χ1v) is 7.68. The average Bonchev–Trinajstić information content (AvgIpc) is 3.00. The van der Waals surface area contributed by atoms with E-state index in [4.69, 9.17) is 10.5 Å². The third-order valence-electron chi connectivity index (χ3n) is 3.65. The summed E-state index contributed by atoms with van der Waals surface area (Å²) in [6.45, 7) is 1.25. The topological polar surface area (TPSA) is 93.5 Å². The number of ether oxygens (including phenoxy) is 1. The zero-order chi connectivity index (χ0) is 15.8. The van der Waals surface area contributed by atoms with Crippen molar-refractivity contribution in [2.24, 2.45) is 5.73 Å². The van der Waals surface area contributed by atoms with E-state index in [1.807, 2.05) is 12.1 Å². The summed E-state index contributed by atoms with van der Waals surface area (Å²) in [7, 11) is 0. The van der Waals surface area contributed by atoms with Crippen LogP contribution in [0.3, 0.4) is 0 Å². The molecule has 128 valence electrons. The molecule has 1 heterocycles. The molecule has 1 aromatic carbocycles. The van der Waals surface area contributed by atoms with Crippen LogP contribution in [0.5, 0.6) is 5.75 Å². The minimum absolute atomic E-state index is 0. The Morgan fingerprint density at radius 3 is 2.78 bits per heavy atom. The number of carbonyl (C=O) groups is 2. The number of rotatable bonds is 8. The van der Waals surface area contributed by atoms with Gasteiger partial charge in [-0.25, -0.2) is 0 Å². The van der Waals surface area contributed by atoms with E-state index in [-0.39, 0.29) is 31.3 Å². The van der Waals surface area contributed by atoms with Gasteiger partial charge in [-0.2, -0.15) is 0 Å². The lowest BCUT2D eigenvalue weighted by molar-refractivity contribution is -0.118. The highest BCUT2D eigenvalue weighted by atomic mass is 35.5. The van der Waals surface area contributed by atoms with Crippen LogP contribution in [0.25, 0.3) is 0 Å². The summed E-state index contributed by atoms with van der Waals surface area (Å²) in [6, 6.07) is 7.64. The molecule has 1 saturated heterocycles. The van der Waals surface area contributed by atoms with E-state index in [1.165, 1.54) is 6.42 Å². The van der Waals surface area contributed by atoms with Crippen molar-refractivity contribution < 1.29 is 14.3 Å². The quantitative estimate of drug-likeness (QED) is 0.672. The average molecular weight is 342 g/mol. The van der Waals surface area contributed by atoms with Crippen molar-refractivity contribution in [2.75, 3.05) is 18.5 Å². The monoisotopic (exact) mass is 341 g/mol. The number of para-hydroxylation sites is 2. The summed E-state index contributed by atoms with van der Waals surface area (Å²) >= 11 is 0. The van der Waals surface area contributed by atoms with E-state index >= 15 is 0 Å². The predicted molar refractivity (Wildman–Crippen MR) is 91.9 cm³/mol. The third-order valence-corrected chi connectivity index (χ3v) is 3.65. The van der Waals surface area contributed by atoms with E-state index in [0.29, 0.717) is 23.9 Å². The lowest BCUT2D eigenvalue weighted by Gasteiger charge is -2.13. The second-order valence-electron chi connectivity index (χ2n) is 5.44. The molecular formula is C16H24ClN3O3. The van der Waals surface area contributed by atoms with Crippen LogP contribution >= 0.6 is 12.4 Å². The summed E-state index contributed by atoms with van der Waals surface area (Å²) in [5, 5.41) is 6.24. The molecule has 2 rings (SSSR count). The highest BCUT2D eigenvalue weighted by molar-refractivity contribution is 5.92. The number of halogens is 1. The number of carbonyl (C=O) groups excluding carboxylic acids is 2. The molecule has 1 aliphatic rings. The predicted octanol–water partition coefficient (Wildman–Crippen LogP) is 1.83. The smallest absolute Gasteiger partial charge is 0.224 e. The van der Waals surface area contributed by atoms with E-state index in [1.54, 1.807) is 12.1 Å². The molecule has 2 amide bonds. The molecule has 7 heteroatoms. The Morgan fingerprint density at radius 2 is 2.09 bits per heavy atom. The van der Waals surface area contributed by atoms with Gasteiger partial charge in [0.25, 0.3) is 0 Å². The molecule has 4 N–H and O–H groups in total. The summed E-state index contributed by atoms with van der Waals surface area (Å²) in [6.07, 6.45) is 3.79. The van der Waals surface area contributed by atoms with Crippen molar-refractivity contribution in [3.63, 3.8) is 0 Å². The first-order chi connectivity index (χ1) is 10.6. The molecule has 1 atom stereocenters. The zero-order valence-corrected chi connectivity index (χ0v) is 13.9. The Morgan fingerprint density at radius 1 is 1.30 bits per heavy atom. The van der Waals surface area contributed by atoms with Crippen molar-refractivity contribution in [3.8, 4) is 5.75 Å². The van der Waals surface area contributed by atoms with Crippen LogP contribution in [-0.2, 0) is 9.59 Å². The van der Waals surface area contributed by atoms with Crippen LogP contribution < -0.4 is 21.1 Å². The lowest BCUT2D eigenvalue weighted by atomic mass is 10.1. The van der Waals surface area contributed by atoms with Crippen molar-refractivity contribution in [1.82, 2.24) is 5.32 Å². The molecule has 0 spiro atoms. The number of amides is 2.